The quantitative estimate of drug-likeness (QED) is 0.579. The summed E-state index contributed by atoms with van der Waals surface area (Å²) in [4.78, 5) is 11.3. The van der Waals surface area contributed by atoms with E-state index in [4.69, 9.17) is 23.1 Å². The van der Waals surface area contributed by atoms with Gasteiger partial charge >= 0.3 is 0 Å². The molecule has 0 aliphatic rings. The number of Topliss-reactive ketones (excluding diaryl/α,β-unsaturated/α-hetero) is 1. The summed E-state index contributed by atoms with van der Waals surface area (Å²) in [5.41, 5.74) is 13.5. The first kappa shape index (κ1) is 11.2. The summed E-state index contributed by atoms with van der Waals surface area (Å²) in [7, 11) is 0. The molecule has 0 aromatic heterocycles. The molecule has 4 heteroatoms. The maximum Gasteiger partial charge on any atom is 0.177 e. The molecule has 0 radical (unpaired) electrons. The number of carbonyl (C=O) groups is 1. The van der Waals surface area contributed by atoms with Crippen LogP contribution in [0.25, 0.3) is 0 Å². The fraction of sp³-hybridized carbons (Fsp3) is 0.300. The number of hydrogen-bond donors (Lipinski definition) is 2. The van der Waals surface area contributed by atoms with Crippen LogP contribution >= 0.6 is 11.6 Å². The van der Waals surface area contributed by atoms with Crippen molar-refractivity contribution in [3.8, 4) is 0 Å². The van der Waals surface area contributed by atoms with Crippen LogP contribution in [0.15, 0.2) is 18.2 Å². The van der Waals surface area contributed by atoms with E-state index in [-0.39, 0.29) is 11.7 Å². The Labute approximate surface area is 88.0 Å². The Kier molecular flexibility index (Phi) is 4.07. The summed E-state index contributed by atoms with van der Waals surface area (Å²) >= 11 is 5.45. The van der Waals surface area contributed by atoms with Gasteiger partial charge in [0.15, 0.2) is 5.78 Å². The van der Waals surface area contributed by atoms with Gasteiger partial charge in [-0.2, -0.15) is 0 Å². The van der Waals surface area contributed by atoms with Crippen molar-refractivity contribution in [3.63, 3.8) is 0 Å². The first-order valence-electron chi connectivity index (χ1n) is 4.34. The molecule has 4 N–H and O–H groups in total. The topological polar surface area (TPSA) is 69.1 Å². The zero-order chi connectivity index (χ0) is 10.6. The monoisotopic (exact) mass is 212 g/mol. The molecule has 0 spiro atoms. The molecule has 1 rings (SSSR count). The standard InChI is InChI=1S/C10H13ClN2O/c11-4-10(14)7-1-2-8(5-12)9(3-7)6-13/h1-3H,4-6,12-13H2. The minimum absolute atomic E-state index is 0.00795. The van der Waals surface area contributed by atoms with Gasteiger partial charge in [0.2, 0.25) is 0 Å². The molecule has 0 saturated carbocycles. The van der Waals surface area contributed by atoms with Crippen molar-refractivity contribution in [2.24, 2.45) is 11.5 Å². The van der Waals surface area contributed by atoms with E-state index in [1.54, 1.807) is 12.1 Å². The lowest BCUT2D eigenvalue weighted by molar-refractivity contribution is 0.102. The van der Waals surface area contributed by atoms with Gasteiger partial charge in [-0.05, 0) is 17.2 Å². The lowest BCUT2D eigenvalue weighted by Crippen LogP contribution is -2.09. The lowest BCUT2D eigenvalue weighted by Gasteiger charge is -2.07. The molecule has 76 valence electrons. The van der Waals surface area contributed by atoms with Crippen molar-refractivity contribution in [1.82, 2.24) is 0 Å². The van der Waals surface area contributed by atoms with E-state index >= 15 is 0 Å². The summed E-state index contributed by atoms with van der Waals surface area (Å²) in [6, 6.07) is 5.31. The van der Waals surface area contributed by atoms with Gasteiger partial charge in [0.25, 0.3) is 0 Å². The summed E-state index contributed by atoms with van der Waals surface area (Å²) in [6.45, 7) is 0.817. The number of benzene rings is 1. The summed E-state index contributed by atoms with van der Waals surface area (Å²) in [6.07, 6.45) is 0. The second kappa shape index (κ2) is 5.10. The van der Waals surface area contributed by atoms with Crippen molar-refractivity contribution < 1.29 is 4.79 Å². The molecule has 0 fully saturated rings. The van der Waals surface area contributed by atoms with Gasteiger partial charge in [-0.3, -0.25) is 4.79 Å². The van der Waals surface area contributed by atoms with E-state index in [2.05, 4.69) is 0 Å². The van der Waals surface area contributed by atoms with Crippen LogP contribution in [-0.4, -0.2) is 11.7 Å². The average Bonchev–Trinajstić information content (AvgIpc) is 2.26. The number of alkyl halides is 1. The molecule has 0 atom stereocenters. The van der Waals surface area contributed by atoms with Crippen molar-refractivity contribution >= 4 is 17.4 Å². The molecule has 1 aromatic rings. The maximum atomic E-state index is 11.3. The van der Waals surface area contributed by atoms with E-state index < -0.39 is 0 Å². The third-order valence-corrected chi connectivity index (χ3v) is 2.33. The molecule has 0 bridgehead atoms. The first-order chi connectivity index (χ1) is 6.72. The van der Waals surface area contributed by atoms with Gasteiger partial charge in [-0.1, -0.05) is 12.1 Å². The van der Waals surface area contributed by atoms with Crippen molar-refractivity contribution in [3.05, 3.63) is 34.9 Å². The van der Waals surface area contributed by atoms with Gasteiger partial charge in [0, 0.05) is 18.7 Å². The number of nitrogens with two attached hydrogens (primary N) is 2. The molecule has 0 heterocycles. The number of carbonyl (C=O) groups excluding carboxylic acids is 1. The Balaban J connectivity index is 3.07. The summed E-state index contributed by atoms with van der Waals surface area (Å²) in [5.74, 6) is -0.101. The molecule has 0 aliphatic carbocycles. The van der Waals surface area contributed by atoms with Crippen LogP contribution in [0.1, 0.15) is 21.5 Å². The molecule has 1 aromatic carbocycles. The molecule has 14 heavy (non-hydrogen) atoms. The van der Waals surface area contributed by atoms with Gasteiger partial charge in [-0.15, -0.1) is 11.6 Å². The average molecular weight is 213 g/mol. The molecule has 0 unspecified atom stereocenters. The molecular formula is C10H13ClN2O. The van der Waals surface area contributed by atoms with E-state index in [1.807, 2.05) is 6.07 Å². The highest BCUT2D eigenvalue weighted by atomic mass is 35.5. The maximum absolute atomic E-state index is 11.3. The normalized spacial score (nSPS) is 10.2. The second-order valence-electron chi connectivity index (χ2n) is 2.95. The zero-order valence-corrected chi connectivity index (χ0v) is 8.55. The number of hydrogen-bond acceptors (Lipinski definition) is 3. The zero-order valence-electron chi connectivity index (χ0n) is 7.79. The van der Waals surface area contributed by atoms with Crippen LogP contribution in [0.2, 0.25) is 0 Å². The lowest BCUT2D eigenvalue weighted by atomic mass is 10.0. The number of rotatable bonds is 4. The Morgan fingerprint density at radius 2 is 1.86 bits per heavy atom. The Bertz CT molecular complexity index is 339. The van der Waals surface area contributed by atoms with Gasteiger partial charge < -0.3 is 11.5 Å². The van der Waals surface area contributed by atoms with Crippen LogP contribution in [0.4, 0.5) is 0 Å². The van der Waals surface area contributed by atoms with Crippen LogP contribution in [0.3, 0.4) is 0 Å². The van der Waals surface area contributed by atoms with Crippen molar-refractivity contribution in [1.29, 1.82) is 0 Å². The molecular weight excluding hydrogens is 200 g/mol. The molecule has 0 saturated heterocycles. The minimum atomic E-state index is -0.0926. The molecule has 3 nitrogen and oxygen atoms in total. The Morgan fingerprint density at radius 3 is 2.36 bits per heavy atom. The van der Waals surface area contributed by atoms with E-state index in [1.165, 1.54) is 0 Å². The highest BCUT2D eigenvalue weighted by Gasteiger charge is 2.06. The van der Waals surface area contributed by atoms with Crippen LogP contribution < -0.4 is 11.5 Å². The van der Waals surface area contributed by atoms with Crippen LogP contribution in [0, 0.1) is 0 Å². The van der Waals surface area contributed by atoms with Crippen LogP contribution in [-0.2, 0) is 13.1 Å². The fourth-order valence-corrected chi connectivity index (χ4v) is 1.42. The highest BCUT2D eigenvalue weighted by molar-refractivity contribution is 6.30. The van der Waals surface area contributed by atoms with Gasteiger partial charge in [0.1, 0.15) is 0 Å². The smallest absolute Gasteiger partial charge is 0.177 e. The number of ketones is 1. The Hall–Kier alpha value is -0.900. The van der Waals surface area contributed by atoms with Gasteiger partial charge in [-0.25, -0.2) is 0 Å². The van der Waals surface area contributed by atoms with E-state index in [0.29, 0.717) is 18.7 Å². The largest absolute Gasteiger partial charge is 0.326 e. The van der Waals surface area contributed by atoms with Crippen LogP contribution in [0.5, 0.6) is 0 Å². The van der Waals surface area contributed by atoms with E-state index in [0.717, 1.165) is 11.1 Å². The SMILES string of the molecule is NCc1ccc(C(=O)CCl)cc1CN. The number of halogens is 1. The fourth-order valence-electron chi connectivity index (χ4n) is 1.27. The third kappa shape index (κ3) is 2.32. The first-order valence-corrected chi connectivity index (χ1v) is 4.87. The minimum Gasteiger partial charge on any atom is -0.326 e. The molecule has 0 aliphatic heterocycles. The highest BCUT2D eigenvalue weighted by Crippen LogP contribution is 2.12. The van der Waals surface area contributed by atoms with Gasteiger partial charge in [0.05, 0.1) is 5.88 Å². The summed E-state index contributed by atoms with van der Waals surface area (Å²) in [5, 5.41) is 0. The van der Waals surface area contributed by atoms with Crippen molar-refractivity contribution in [2.45, 2.75) is 13.1 Å². The third-order valence-electron chi connectivity index (χ3n) is 2.09. The Morgan fingerprint density at radius 1 is 1.21 bits per heavy atom. The predicted octanol–water partition coefficient (Wildman–Crippen LogP) is 1.03. The van der Waals surface area contributed by atoms with E-state index in [9.17, 15) is 4.79 Å². The predicted molar refractivity (Wildman–Crippen MR) is 57.3 cm³/mol. The van der Waals surface area contributed by atoms with Crippen molar-refractivity contribution in [2.75, 3.05) is 5.88 Å². The molecule has 0 amide bonds. The summed E-state index contributed by atoms with van der Waals surface area (Å²) < 4.78 is 0. The second-order valence-corrected chi connectivity index (χ2v) is 3.22.